The van der Waals surface area contributed by atoms with Crippen LogP contribution < -0.4 is 14.8 Å². The van der Waals surface area contributed by atoms with Crippen molar-refractivity contribution in [2.45, 2.75) is 4.90 Å². The zero-order chi connectivity index (χ0) is 22.6. The van der Waals surface area contributed by atoms with Crippen molar-refractivity contribution < 1.29 is 27.3 Å². The predicted octanol–water partition coefficient (Wildman–Crippen LogP) is 3.80. The van der Waals surface area contributed by atoms with Gasteiger partial charge in [-0.15, -0.1) is 0 Å². The smallest absolute Gasteiger partial charge is 0.271 e. The maximum Gasteiger partial charge on any atom is 0.271 e. The Balaban J connectivity index is 1.80. The molecule has 0 aliphatic heterocycles. The van der Waals surface area contributed by atoms with E-state index in [-0.39, 0.29) is 27.6 Å². The third-order valence-corrected chi connectivity index (χ3v) is 5.55. The van der Waals surface area contributed by atoms with Crippen LogP contribution in [0.25, 0.3) is 0 Å². The van der Waals surface area contributed by atoms with Gasteiger partial charge in [0.15, 0.2) is 0 Å². The Morgan fingerprint density at radius 2 is 1.68 bits per heavy atom. The van der Waals surface area contributed by atoms with Crippen molar-refractivity contribution >= 4 is 33.0 Å². The zero-order valence-corrected chi connectivity index (χ0v) is 16.9. The van der Waals surface area contributed by atoms with Crippen LogP contribution in [0.5, 0.6) is 5.75 Å². The number of nitro benzene ring substituents is 1. The van der Waals surface area contributed by atoms with Gasteiger partial charge in [-0.25, -0.2) is 12.8 Å². The number of methoxy groups -OCH3 is 1. The quantitative estimate of drug-likeness (QED) is 0.421. The molecule has 0 aliphatic carbocycles. The van der Waals surface area contributed by atoms with Gasteiger partial charge in [0, 0.05) is 23.4 Å². The lowest BCUT2D eigenvalue weighted by Gasteiger charge is -2.12. The van der Waals surface area contributed by atoms with Crippen molar-refractivity contribution in [3.8, 4) is 5.75 Å². The van der Waals surface area contributed by atoms with E-state index in [4.69, 9.17) is 4.74 Å². The van der Waals surface area contributed by atoms with Crippen molar-refractivity contribution in [2.75, 3.05) is 17.1 Å². The van der Waals surface area contributed by atoms with Gasteiger partial charge in [0.05, 0.1) is 22.6 Å². The van der Waals surface area contributed by atoms with Crippen LogP contribution in [-0.2, 0) is 10.0 Å². The SMILES string of the molecule is COc1ccc([N+](=O)[O-])cc1NS(=O)(=O)c1ccc(C(=O)Nc2ccc(F)cc2)cc1. The molecule has 1 amide bonds. The molecular formula is C20H16FN3O6S. The van der Waals surface area contributed by atoms with Crippen molar-refractivity contribution in [1.29, 1.82) is 0 Å². The molecule has 160 valence electrons. The largest absolute Gasteiger partial charge is 0.495 e. The van der Waals surface area contributed by atoms with E-state index in [1.54, 1.807) is 0 Å². The normalized spacial score (nSPS) is 10.9. The Hall–Kier alpha value is -3.99. The molecule has 0 fully saturated rings. The number of rotatable bonds is 7. The highest BCUT2D eigenvalue weighted by molar-refractivity contribution is 7.92. The van der Waals surface area contributed by atoms with Crippen molar-refractivity contribution in [3.63, 3.8) is 0 Å². The maximum atomic E-state index is 13.0. The number of nitrogens with zero attached hydrogens (tertiary/aromatic N) is 1. The third kappa shape index (κ3) is 5.14. The molecule has 0 atom stereocenters. The number of halogens is 1. The van der Waals surface area contributed by atoms with Gasteiger partial charge in [-0.3, -0.25) is 19.6 Å². The summed E-state index contributed by atoms with van der Waals surface area (Å²) in [5.41, 5.74) is 0.139. The molecule has 3 aromatic carbocycles. The molecule has 0 aromatic heterocycles. The van der Waals surface area contributed by atoms with Gasteiger partial charge in [0.2, 0.25) is 0 Å². The number of benzene rings is 3. The number of nitro groups is 1. The molecule has 9 nitrogen and oxygen atoms in total. The fraction of sp³-hybridized carbons (Fsp3) is 0.0500. The van der Waals surface area contributed by atoms with Crippen LogP contribution in [-0.4, -0.2) is 26.4 Å². The summed E-state index contributed by atoms with van der Waals surface area (Å²) in [4.78, 5) is 22.4. The van der Waals surface area contributed by atoms with Crippen molar-refractivity contribution in [1.82, 2.24) is 0 Å². The summed E-state index contributed by atoms with van der Waals surface area (Å²) in [6.07, 6.45) is 0. The number of non-ortho nitro benzene ring substituents is 1. The maximum absolute atomic E-state index is 13.0. The summed E-state index contributed by atoms with van der Waals surface area (Å²) in [6, 6.07) is 13.7. The van der Waals surface area contributed by atoms with Gasteiger partial charge in [0.25, 0.3) is 21.6 Å². The molecule has 0 aliphatic rings. The highest BCUT2D eigenvalue weighted by Gasteiger charge is 2.20. The molecule has 0 unspecified atom stereocenters. The van der Waals surface area contributed by atoms with Gasteiger partial charge < -0.3 is 10.1 Å². The Morgan fingerprint density at radius 1 is 1.03 bits per heavy atom. The lowest BCUT2D eigenvalue weighted by atomic mass is 10.2. The van der Waals surface area contributed by atoms with E-state index >= 15 is 0 Å². The van der Waals surface area contributed by atoms with Crippen molar-refractivity contribution in [3.05, 3.63) is 88.2 Å². The Bertz CT molecular complexity index is 1230. The number of hydrogen-bond donors (Lipinski definition) is 2. The summed E-state index contributed by atoms with van der Waals surface area (Å²) in [5.74, 6) is -0.853. The monoisotopic (exact) mass is 445 g/mol. The molecule has 0 saturated carbocycles. The van der Waals surface area contributed by atoms with Crippen LogP contribution in [0.2, 0.25) is 0 Å². The molecule has 3 aromatic rings. The fourth-order valence-corrected chi connectivity index (χ4v) is 3.68. The standard InChI is InChI=1S/C20H16FN3O6S/c1-30-19-11-8-16(24(26)27)12-18(19)23-31(28,29)17-9-2-13(3-10-17)20(25)22-15-6-4-14(21)5-7-15/h2-12,23H,1H3,(H,22,25). The van der Waals surface area contributed by atoms with Crippen LogP contribution >= 0.6 is 0 Å². The molecule has 3 rings (SSSR count). The van der Waals surface area contributed by atoms with Crippen LogP contribution in [0.15, 0.2) is 71.6 Å². The summed E-state index contributed by atoms with van der Waals surface area (Å²) in [7, 11) is -2.82. The summed E-state index contributed by atoms with van der Waals surface area (Å²) in [5, 5.41) is 13.5. The molecule has 0 spiro atoms. The van der Waals surface area contributed by atoms with E-state index in [2.05, 4.69) is 10.0 Å². The van der Waals surface area contributed by atoms with Crippen molar-refractivity contribution in [2.24, 2.45) is 0 Å². The van der Waals surface area contributed by atoms with E-state index in [0.29, 0.717) is 5.69 Å². The van der Waals surface area contributed by atoms with E-state index in [1.165, 1.54) is 67.8 Å². The highest BCUT2D eigenvalue weighted by Crippen LogP contribution is 2.30. The van der Waals surface area contributed by atoms with Crippen LogP contribution in [0.3, 0.4) is 0 Å². The van der Waals surface area contributed by atoms with Gasteiger partial charge in [-0.2, -0.15) is 0 Å². The van der Waals surface area contributed by atoms with Gasteiger partial charge in [-0.1, -0.05) is 0 Å². The topological polar surface area (TPSA) is 128 Å². The van der Waals surface area contributed by atoms with E-state index in [1.807, 2.05) is 0 Å². The summed E-state index contributed by atoms with van der Waals surface area (Å²) in [6.45, 7) is 0. The molecule has 0 radical (unpaired) electrons. The fourth-order valence-electron chi connectivity index (χ4n) is 2.61. The minimum atomic E-state index is -4.12. The van der Waals surface area contributed by atoms with Crippen LogP contribution in [0.1, 0.15) is 10.4 Å². The molecule has 2 N–H and O–H groups in total. The average Bonchev–Trinajstić information content (AvgIpc) is 2.75. The minimum Gasteiger partial charge on any atom is -0.495 e. The third-order valence-electron chi connectivity index (χ3n) is 4.17. The first-order valence-electron chi connectivity index (χ1n) is 8.72. The first kappa shape index (κ1) is 21.7. The molecule has 0 bridgehead atoms. The van der Waals surface area contributed by atoms with Crippen LogP contribution in [0.4, 0.5) is 21.5 Å². The molecule has 0 heterocycles. The van der Waals surface area contributed by atoms with E-state index in [0.717, 1.165) is 6.07 Å². The molecular weight excluding hydrogens is 429 g/mol. The molecule has 0 saturated heterocycles. The molecule has 11 heteroatoms. The second kappa shape index (κ2) is 8.79. The van der Waals surface area contributed by atoms with Gasteiger partial charge in [-0.05, 0) is 54.6 Å². The number of ether oxygens (including phenoxy) is 1. The lowest BCUT2D eigenvalue weighted by Crippen LogP contribution is -2.15. The second-order valence-corrected chi connectivity index (χ2v) is 7.91. The van der Waals surface area contributed by atoms with E-state index in [9.17, 15) is 27.7 Å². The van der Waals surface area contributed by atoms with Gasteiger partial charge >= 0.3 is 0 Å². The number of anilines is 2. The average molecular weight is 445 g/mol. The highest BCUT2D eigenvalue weighted by atomic mass is 32.2. The Labute approximate surface area is 176 Å². The second-order valence-electron chi connectivity index (χ2n) is 6.23. The number of nitrogens with one attached hydrogen (secondary N) is 2. The number of amides is 1. The predicted molar refractivity (Wildman–Crippen MR) is 111 cm³/mol. The number of carbonyl (C=O) groups is 1. The Morgan fingerprint density at radius 3 is 2.26 bits per heavy atom. The first-order chi connectivity index (χ1) is 14.7. The summed E-state index contributed by atoms with van der Waals surface area (Å²) < 4.78 is 45.6. The lowest BCUT2D eigenvalue weighted by molar-refractivity contribution is -0.384. The van der Waals surface area contributed by atoms with Gasteiger partial charge in [0.1, 0.15) is 11.6 Å². The first-order valence-corrected chi connectivity index (χ1v) is 10.2. The Kier molecular flexibility index (Phi) is 6.16. The van der Waals surface area contributed by atoms with Crippen LogP contribution in [0, 0.1) is 15.9 Å². The number of sulfonamides is 1. The minimum absolute atomic E-state index is 0.101. The molecule has 31 heavy (non-hydrogen) atoms. The van der Waals surface area contributed by atoms with E-state index < -0.39 is 26.7 Å². The summed E-state index contributed by atoms with van der Waals surface area (Å²) >= 11 is 0. The zero-order valence-electron chi connectivity index (χ0n) is 16.0. The number of carbonyl (C=O) groups excluding carboxylic acids is 1. The number of hydrogen-bond acceptors (Lipinski definition) is 6.